The van der Waals surface area contributed by atoms with Crippen LogP contribution in [0, 0.1) is 17.6 Å². The van der Waals surface area contributed by atoms with Crippen LogP contribution >= 0.6 is 27.7 Å². The van der Waals surface area contributed by atoms with Crippen LogP contribution in [0.15, 0.2) is 76.8 Å². The van der Waals surface area contributed by atoms with E-state index >= 15 is 0 Å². The Hall–Kier alpha value is -2.21. The highest BCUT2D eigenvalue weighted by Gasteiger charge is 2.27. The Kier molecular flexibility index (Phi) is 6.50. The summed E-state index contributed by atoms with van der Waals surface area (Å²) in [5.41, 5.74) is 2.25. The lowest BCUT2D eigenvalue weighted by molar-refractivity contribution is 0.592. The molecule has 144 valence electrons. The average Bonchev–Trinajstić information content (AvgIpc) is 3.15. The number of thioether (sulfide) groups is 1. The van der Waals surface area contributed by atoms with Gasteiger partial charge in [-0.25, -0.2) is 8.42 Å². The Morgan fingerprint density at radius 2 is 1.82 bits per heavy atom. The molecule has 0 N–H and O–H groups in total. The molecule has 1 heterocycles. The van der Waals surface area contributed by atoms with E-state index in [1.807, 2.05) is 48.0 Å². The predicted octanol–water partition coefficient (Wildman–Crippen LogP) is 4.95. The monoisotopic (exact) mass is 475 g/mol. The first-order chi connectivity index (χ1) is 13.5. The van der Waals surface area contributed by atoms with Crippen LogP contribution < -0.4 is 4.31 Å². The van der Waals surface area contributed by atoms with Gasteiger partial charge < -0.3 is 4.57 Å². The number of alkyl halides is 1. The van der Waals surface area contributed by atoms with E-state index in [9.17, 15) is 8.42 Å². The Morgan fingerprint density at radius 1 is 1.11 bits per heavy atom. The Balaban J connectivity index is 2.15. The summed E-state index contributed by atoms with van der Waals surface area (Å²) < 4.78 is 30.0. The fourth-order valence-corrected chi connectivity index (χ4v) is 5.42. The van der Waals surface area contributed by atoms with Crippen molar-refractivity contribution in [3.63, 3.8) is 0 Å². The Bertz CT molecular complexity index is 1100. The molecular formula is C20H18BrN3O2S2. The van der Waals surface area contributed by atoms with Crippen molar-refractivity contribution in [3.05, 3.63) is 72.4 Å². The first-order valence-electron chi connectivity index (χ1n) is 8.47. The quantitative estimate of drug-likeness (QED) is 0.275. The number of aromatic nitrogens is 1. The van der Waals surface area contributed by atoms with Crippen molar-refractivity contribution in [2.75, 3.05) is 16.2 Å². The van der Waals surface area contributed by atoms with Gasteiger partial charge >= 0.3 is 0 Å². The minimum atomic E-state index is -3.75. The molecule has 0 fully saturated rings. The third kappa shape index (κ3) is 4.12. The molecule has 3 aromatic rings. The van der Waals surface area contributed by atoms with Crippen LogP contribution in [0.25, 0.3) is 5.69 Å². The van der Waals surface area contributed by atoms with Crippen molar-refractivity contribution in [2.45, 2.75) is 16.8 Å². The third-order valence-electron chi connectivity index (χ3n) is 4.17. The van der Waals surface area contributed by atoms with Gasteiger partial charge in [0.25, 0.3) is 10.0 Å². The van der Waals surface area contributed by atoms with Crippen LogP contribution in [-0.2, 0) is 10.0 Å². The van der Waals surface area contributed by atoms with Gasteiger partial charge in [0.15, 0.2) is 0 Å². The number of hydrogen-bond donors (Lipinski definition) is 0. The first-order valence-corrected chi connectivity index (χ1v) is 11.8. The van der Waals surface area contributed by atoms with Crippen LogP contribution in [0.3, 0.4) is 0 Å². The molecule has 28 heavy (non-hydrogen) atoms. The summed E-state index contributed by atoms with van der Waals surface area (Å²) in [6, 6.07) is 17.8. The summed E-state index contributed by atoms with van der Waals surface area (Å²) in [5, 5.41) is 12.3. The normalized spacial score (nSPS) is 11.2. The number of para-hydroxylation sites is 2. The van der Waals surface area contributed by atoms with E-state index in [-0.39, 0.29) is 11.4 Å². The van der Waals surface area contributed by atoms with Crippen molar-refractivity contribution in [1.29, 1.82) is 5.26 Å². The molecule has 0 spiro atoms. The van der Waals surface area contributed by atoms with E-state index < -0.39 is 10.0 Å². The van der Waals surface area contributed by atoms with Crippen molar-refractivity contribution in [3.8, 4) is 11.1 Å². The molecule has 0 aliphatic heterocycles. The first kappa shape index (κ1) is 20.5. The maximum atomic E-state index is 13.4. The molecule has 1 aromatic heterocycles. The predicted molar refractivity (Wildman–Crippen MR) is 117 cm³/mol. The number of rotatable bonds is 7. The van der Waals surface area contributed by atoms with E-state index in [1.54, 1.807) is 30.3 Å². The van der Waals surface area contributed by atoms with Crippen molar-refractivity contribution in [1.82, 2.24) is 4.57 Å². The van der Waals surface area contributed by atoms with Gasteiger partial charge in [-0.1, -0.05) is 45.8 Å². The summed E-state index contributed by atoms with van der Waals surface area (Å²) in [4.78, 5) is 0.244. The Labute approximate surface area is 177 Å². The molecule has 0 radical (unpaired) electrons. The van der Waals surface area contributed by atoms with Gasteiger partial charge in [0.05, 0.1) is 21.3 Å². The number of sulfonamides is 1. The molecule has 0 unspecified atom stereocenters. The summed E-state index contributed by atoms with van der Waals surface area (Å²) in [5.74, 6) is 0. The molecule has 3 rings (SSSR count). The van der Waals surface area contributed by atoms with Crippen LogP contribution in [0.5, 0.6) is 0 Å². The topological polar surface area (TPSA) is 66.1 Å². The highest BCUT2D eigenvalue weighted by atomic mass is 79.9. The van der Waals surface area contributed by atoms with Crippen molar-refractivity contribution < 1.29 is 8.42 Å². The molecule has 0 aliphatic rings. The standard InChI is InChI=1S/C20H18BrN3O2S2/c1-16-8-10-17(11-9-16)28(25,26)24(14-12-21)19-6-3-2-5-18(19)23-13-4-7-20(23)27-15-22/h2-11,13H,12,14H2,1H3. The second-order valence-electron chi connectivity index (χ2n) is 5.98. The molecule has 8 heteroatoms. The second kappa shape index (κ2) is 8.86. The van der Waals surface area contributed by atoms with Gasteiger partial charge in [-0.3, -0.25) is 4.31 Å². The fourth-order valence-electron chi connectivity index (χ4n) is 2.86. The highest BCUT2D eigenvalue weighted by Crippen LogP contribution is 2.32. The van der Waals surface area contributed by atoms with E-state index in [1.165, 1.54) is 4.31 Å². The number of benzene rings is 2. The van der Waals surface area contributed by atoms with Crippen LogP contribution in [0.4, 0.5) is 5.69 Å². The molecule has 0 bridgehead atoms. The minimum Gasteiger partial charge on any atom is -0.309 e. The third-order valence-corrected chi connectivity index (χ3v) is 6.98. The molecule has 0 atom stereocenters. The Morgan fingerprint density at radius 3 is 2.50 bits per heavy atom. The smallest absolute Gasteiger partial charge is 0.264 e. The zero-order valence-corrected chi connectivity index (χ0v) is 18.3. The average molecular weight is 476 g/mol. The molecule has 2 aromatic carbocycles. The number of anilines is 1. The number of halogens is 1. The summed E-state index contributed by atoms with van der Waals surface area (Å²) in [7, 11) is -3.75. The van der Waals surface area contributed by atoms with Gasteiger partial charge in [0, 0.05) is 29.8 Å². The summed E-state index contributed by atoms with van der Waals surface area (Å²) >= 11 is 4.41. The van der Waals surface area contributed by atoms with E-state index in [2.05, 4.69) is 21.3 Å². The number of nitrogens with zero attached hydrogens (tertiary/aromatic N) is 3. The van der Waals surface area contributed by atoms with Gasteiger partial charge in [0.2, 0.25) is 0 Å². The van der Waals surface area contributed by atoms with Gasteiger partial charge in [-0.15, -0.1) is 0 Å². The number of thiocyanates is 1. The van der Waals surface area contributed by atoms with Crippen LogP contribution in [-0.4, -0.2) is 24.9 Å². The molecular weight excluding hydrogens is 458 g/mol. The lowest BCUT2D eigenvalue weighted by atomic mass is 10.2. The maximum Gasteiger partial charge on any atom is 0.264 e. The molecule has 0 amide bonds. The van der Waals surface area contributed by atoms with Crippen LogP contribution in [0.2, 0.25) is 0 Å². The molecule has 0 aliphatic carbocycles. The summed E-state index contributed by atoms with van der Waals surface area (Å²) in [6.07, 6.45) is 1.82. The zero-order valence-electron chi connectivity index (χ0n) is 15.1. The minimum absolute atomic E-state index is 0.244. The lowest BCUT2D eigenvalue weighted by Crippen LogP contribution is -2.33. The van der Waals surface area contributed by atoms with E-state index in [0.717, 1.165) is 22.4 Å². The second-order valence-corrected chi connectivity index (χ2v) is 9.44. The van der Waals surface area contributed by atoms with Gasteiger partial charge in [-0.2, -0.15) is 5.26 Å². The highest BCUT2D eigenvalue weighted by molar-refractivity contribution is 9.09. The van der Waals surface area contributed by atoms with Crippen molar-refractivity contribution >= 4 is 43.4 Å². The largest absolute Gasteiger partial charge is 0.309 e. The SMILES string of the molecule is Cc1ccc(S(=O)(=O)N(CCBr)c2ccccc2-n2cccc2SC#N)cc1. The number of nitriles is 1. The van der Waals surface area contributed by atoms with Gasteiger partial charge in [0.1, 0.15) is 5.40 Å². The maximum absolute atomic E-state index is 13.4. The molecule has 0 saturated carbocycles. The fraction of sp³-hybridized carbons (Fsp3) is 0.150. The number of hydrogen-bond acceptors (Lipinski definition) is 4. The van der Waals surface area contributed by atoms with E-state index in [0.29, 0.717) is 16.7 Å². The molecule has 5 nitrogen and oxygen atoms in total. The van der Waals surface area contributed by atoms with Gasteiger partial charge in [-0.05, 0) is 43.3 Å². The lowest BCUT2D eigenvalue weighted by Gasteiger charge is -2.26. The number of aryl methyl sites for hydroxylation is 1. The molecule has 0 saturated heterocycles. The van der Waals surface area contributed by atoms with Crippen LogP contribution in [0.1, 0.15) is 5.56 Å². The van der Waals surface area contributed by atoms with E-state index in [4.69, 9.17) is 5.26 Å². The summed E-state index contributed by atoms with van der Waals surface area (Å²) in [6.45, 7) is 2.19. The zero-order chi connectivity index (χ0) is 20.1. The van der Waals surface area contributed by atoms with Crippen molar-refractivity contribution in [2.24, 2.45) is 0 Å².